The quantitative estimate of drug-likeness (QED) is 0.632. The maximum Gasteiger partial charge on any atom is 0.246 e. The van der Waals surface area contributed by atoms with Gasteiger partial charge in [0, 0.05) is 56.9 Å². The SMILES string of the molecule is C[C@@H]1C[C@H](C)CN(C(=O)CN2CCN([C@H](C)C(=O)N(c3nccs3)C3CCCCC3)CC2)C1. The first-order valence-corrected chi connectivity index (χ1v) is 13.8. The number of hydrogen-bond donors (Lipinski definition) is 0. The summed E-state index contributed by atoms with van der Waals surface area (Å²) in [4.78, 5) is 39.6. The summed E-state index contributed by atoms with van der Waals surface area (Å²) in [6.45, 7) is 12.1. The monoisotopic (exact) mass is 475 g/mol. The highest BCUT2D eigenvalue weighted by Crippen LogP contribution is 2.30. The van der Waals surface area contributed by atoms with Gasteiger partial charge in [-0.1, -0.05) is 33.1 Å². The van der Waals surface area contributed by atoms with Gasteiger partial charge in [-0.25, -0.2) is 4.98 Å². The molecule has 2 amide bonds. The summed E-state index contributed by atoms with van der Waals surface area (Å²) in [5.41, 5.74) is 0. The Kier molecular flexibility index (Phi) is 8.41. The fourth-order valence-corrected chi connectivity index (χ4v) is 6.65. The van der Waals surface area contributed by atoms with Crippen molar-refractivity contribution < 1.29 is 9.59 Å². The Morgan fingerprint density at radius 1 is 1.09 bits per heavy atom. The standard InChI is InChI=1S/C25H41N5O2S/c1-19-15-20(2)17-29(16-19)23(31)18-27-10-12-28(13-11-27)21(3)24(32)30(25-26-9-14-33-25)22-7-5-4-6-8-22/h9,14,19-22H,4-8,10-13,15-18H2,1-3H3/t19-,20+,21-/m1/s1. The zero-order valence-electron chi connectivity index (χ0n) is 20.6. The molecule has 0 unspecified atom stereocenters. The van der Waals surface area contributed by atoms with Crippen molar-refractivity contribution in [2.45, 2.75) is 71.4 Å². The number of likely N-dealkylation sites (tertiary alicyclic amines) is 1. The molecule has 184 valence electrons. The Labute approximate surface area is 203 Å². The van der Waals surface area contributed by atoms with E-state index in [2.05, 4.69) is 33.5 Å². The van der Waals surface area contributed by atoms with Gasteiger partial charge in [0.1, 0.15) is 0 Å². The molecule has 1 aromatic heterocycles. The third kappa shape index (κ3) is 6.14. The van der Waals surface area contributed by atoms with Gasteiger partial charge in [-0.05, 0) is 38.0 Å². The van der Waals surface area contributed by atoms with Crippen molar-refractivity contribution >= 4 is 28.3 Å². The minimum atomic E-state index is -0.169. The fraction of sp³-hybridized carbons (Fsp3) is 0.800. The van der Waals surface area contributed by atoms with E-state index in [9.17, 15) is 9.59 Å². The van der Waals surface area contributed by atoms with E-state index in [4.69, 9.17) is 0 Å². The van der Waals surface area contributed by atoms with Crippen molar-refractivity contribution in [3.05, 3.63) is 11.6 Å². The minimum absolute atomic E-state index is 0.169. The molecule has 33 heavy (non-hydrogen) atoms. The van der Waals surface area contributed by atoms with Crippen LogP contribution in [0.1, 0.15) is 59.3 Å². The second kappa shape index (κ2) is 11.3. The van der Waals surface area contributed by atoms with Crippen LogP contribution in [0.4, 0.5) is 5.13 Å². The number of piperidine rings is 1. The van der Waals surface area contributed by atoms with Crippen LogP contribution < -0.4 is 4.90 Å². The maximum absolute atomic E-state index is 13.6. The van der Waals surface area contributed by atoms with Crippen molar-refractivity contribution in [1.29, 1.82) is 0 Å². The molecule has 0 radical (unpaired) electrons. The summed E-state index contributed by atoms with van der Waals surface area (Å²) in [6.07, 6.45) is 8.80. The molecule has 1 aromatic rings. The molecular weight excluding hydrogens is 434 g/mol. The van der Waals surface area contributed by atoms with Crippen molar-refractivity contribution in [1.82, 2.24) is 19.7 Å². The van der Waals surface area contributed by atoms with Crippen LogP contribution in [0.5, 0.6) is 0 Å². The highest BCUT2D eigenvalue weighted by atomic mass is 32.1. The van der Waals surface area contributed by atoms with Crippen LogP contribution in [0.25, 0.3) is 0 Å². The third-order valence-corrected chi connectivity index (χ3v) is 8.47. The topological polar surface area (TPSA) is 60.0 Å². The van der Waals surface area contributed by atoms with Gasteiger partial charge in [0.2, 0.25) is 11.8 Å². The van der Waals surface area contributed by atoms with Crippen LogP contribution in [-0.2, 0) is 9.59 Å². The normalized spacial score (nSPS) is 26.8. The summed E-state index contributed by atoms with van der Waals surface area (Å²) in [6, 6.07) is 0.102. The molecule has 3 heterocycles. The molecule has 8 heteroatoms. The zero-order valence-corrected chi connectivity index (χ0v) is 21.4. The summed E-state index contributed by atoms with van der Waals surface area (Å²) in [5.74, 6) is 1.62. The molecule has 0 aromatic carbocycles. The highest BCUT2D eigenvalue weighted by molar-refractivity contribution is 7.13. The van der Waals surface area contributed by atoms with Gasteiger partial charge in [-0.2, -0.15) is 0 Å². The fourth-order valence-electron chi connectivity index (χ4n) is 5.93. The molecule has 4 rings (SSSR count). The van der Waals surface area contributed by atoms with Crippen LogP contribution in [-0.4, -0.2) is 89.4 Å². The number of amides is 2. The lowest BCUT2D eigenvalue weighted by Gasteiger charge is -2.41. The lowest BCUT2D eigenvalue weighted by Crippen LogP contribution is -2.57. The molecule has 7 nitrogen and oxygen atoms in total. The maximum atomic E-state index is 13.6. The molecular formula is C25H41N5O2S. The first kappa shape index (κ1) is 24.6. The lowest BCUT2D eigenvalue weighted by molar-refractivity contribution is -0.136. The average molecular weight is 476 g/mol. The van der Waals surface area contributed by atoms with Crippen LogP contribution in [0.15, 0.2) is 11.6 Å². The van der Waals surface area contributed by atoms with Gasteiger partial charge < -0.3 is 4.90 Å². The molecule has 3 aliphatic rings. The Bertz CT molecular complexity index is 764. The van der Waals surface area contributed by atoms with E-state index < -0.39 is 0 Å². The van der Waals surface area contributed by atoms with E-state index in [-0.39, 0.29) is 23.9 Å². The molecule has 2 saturated heterocycles. The van der Waals surface area contributed by atoms with Gasteiger partial charge in [0.25, 0.3) is 0 Å². The number of carbonyl (C=O) groups is 2. The lowest BCUT2D eigenvalue weighted by atomic mass is 9.92. The summed E-state index contributed by atoms with van der Waals surface area (Å²) in [5, 5.41) is 2.80. The second-order valence-electron chi connectivity index (χ2n) is 10.5. The molecule has 1 aliphatic carbocycles. The van der Waals surface area contributed by atoms with Gasteiger partial charge >= 0.3 is 0 Å². The number of rotatable bonds is 6. The van der Waals surface area contributed by atoms with E-state index >= 15 is 0 Å². The first-order chi connectivity index (χ1) is 15.9. The van der Waals surface area contributed by atoms with Crippen molar-refractivity contribution in [2.24, 2.45) is 11.8 Å². The van der Waals surface area contributed by atoms with Crippen molar-refractivity contribution in [2.75, 3.05) is 50.7 Å². The number of thiazole rings is 1. The average Bonchev–Trinajstić information content (AvgIpc) is 3.33. The highest BCUT2D eigenvalue weighted by Gasteiger charge is 2.35. The van der Waals surface area contributed by atoms with Crippen LogP contribution in [0.2, 0.25) is 0 Å². The molecule has 3 atom stereocenters. The van der Waals surface area contributed by atoms with E-state index in [0.29, 0.717) is 18.4 Å². The molecule has 2 aliphatic heterocycles. The largest absolute Gasteiger partial charge is 0.341 e. The zero-order chi connectivity index (χ0) is 23.4. The van der Waals surface area contributed by atoms with Gasteiger partial charge in [-0.3, -0.25) is 24.3 Å². The number of hydrogen-bond acceptors (Lipinski definition) is 6. The van der Waals surface area contributed by atoms with E-state index in [1.54, 1.807) is 17.5 Å². The molecule has 1 saturated carbocycles. The van der Waals surface area contributed by atoms with Crippen LogP contribution in [0, 0.1) is 11.8 Å². The summed E-state index contributed by atoms with van der Waals surface area (Å²) in [7, 11) is 0. The minimum Gasteiger partial charge on any atom is -0.341 e. The summed E-state index contributed by atoms with van der Waals surface area (Å²) >= 11 is 1.56. The number of piperazine rings is 1. The van der Waals surface area contributed by atoms with E-state index in [1.807, 2.05) is 17.2 Å². The Hall–Kier alpha value is -1.51. The van der Waals surface area contributed by atoms with Crippen LogP contribution in [0.3, 0.4) is 0 Å². The van der Waals surface area contributed by atoms with Gasteiger partial charge in [-0.15, -0.1) is 11.3 Å². The Morgan fingerprint density at radius 2 is 1.76 bits per heavy atom. The van der Waals surface area contributed by atoms with Crippen LogP contribution >= 0.6 is 11.3 Å². The number of nitrogens with zero attached hydrogens (tertiary/aromatic N) is 5. The Morgan fingerprint density at radius 3 is 2.36 bits per heavy atom. The van der Waals surface area contributed by atoms with E-state index in [1.165, 1.54) is 25.7 Å². The van der Waals surface area contributed by atoms with Crippen molar-refractivity contribution in [3.63, 3.8) is 0 Å². The molecule has 0 spiro atoms. The predicted octanol–water partition coefficient (Wildman–Crippen LogP) is 3.32. The predicted molar refractivity (Wildman–Crippen MR) is 133 cm³/mol. The molecule has 0 bridgehead atoms. The molecule has 3 fully saturated rings. The first-order valence-electron chi connectivity index (χ1n) is 12.9. The smallest absolute Gasteiger partial charge is 0.246 e. The molecule has 0 N–H and O–H groups in total. The summed E-state index contributed by atoms with van der Waals surface area (Å²) < 4.78 is 0. The van der Waals surface area contributed by atoms with Crippen molar-refractivity contribution in [3.8, 4) is 0 Å². The number of aromatic nitrogens is 1. The van der Waals surface area contributed by atoms with Gasteiger partial charge in [0.15, 0.2) is 5.13 Å². The Balaban J connectivity index is 1.31. The van der Waals surface area contributed by atoms with E-state index in [0.717, 1.165) is 57.2 Å². The number of carbonyl (C=O) groups excluding carboxylic acids is 2. The third-order valence-electron chi connectivity index (χ3n) is 7.70. The van der Waals surface area contributed by atoms with Gasteiger partial charge in [0.05, 0.1) is 12.6 Å². The number of anilines is 1. The second-order valence-corrected chi connectivity index (χ2v) is 11.4.